The van der Waals surface area contributed by atoms with Crippen molar-refractivity contribution in [1.29, 1.82) is 0 Å². The van der Waals surface area contributed by atoms with Crippen molar-refractivity contribution >= 4 is 34.3 Å². The summed E-state index contributed by atoms with van der Waals surface area (Å²) in [6.45, 7) is 3.11. The van der Waals surface area contributed by atoms with Gasteiger partial charge in [-0.05, 0) is 19.9 Å². The smallest absolute Gasteiger partial charge is 0.326 e. The second kappa shape index (κ2) is 7.26. The molecule has 1 atom stereocenters. The summed E-state index contributed by atoms with van der Waals surface area (Å²) in [5, 5.41) is 13.6. The summed E-state index contributed by atoms with van der Waals surface area (Å²) >= 11 is 1.19. The Labute approximate surface area is 142 Å². The zero-order chi connectivity index (χ0) is 17.9. The molecule has 0 fully saturated rings. The molecule has 2 rings (SSSR count). The van der Waals surface area contributed by atoms with Crippen molar-refractivity contribution in [3.05, 3.63) is 34.7 Å². The van der Waals surface area contributed by atoms with Crippen molar-refractivity contribution in [2.75, 3.05) is 12.4 Å². The molecule has 2 heterocycles. The number of thiazole rings is 1. The van der Waals surface area contributed by atoms with E-state index in [9.17, 15) is 14.4 Å². The number of rotatable bonds is 6. The van der Waals surface area contributed by atoms with Crippen LogP contribution in [0.2, 0.25) is 0 Å². The van der Waals surface area contributed by atoms with E-state index < -0.39 is 12.0 Å². The van der Waals surface area contributed by atoms with Crippen LogP contribution in [0.25, 0.3) is 0 Å². The average Bonchev–Trinajstić information content (AvgIpc) is 3.14. The monoisotopic (exact) mass is 351 g/mol. The van der Waals surface area contributed by atoms with Gasteiger partial charge in [0, 0.05) is 12.4 Å². The number of nitrogens with zero attached hydrogens (tertiary/aromatic N) is 2. The largest absolute Gasteiger partial charge is 0.480 e. The molecule has 0 aromatic carbocycles. The Hall–Kier alpha value is -2.68. The molecular weight excluding hydrogens is 334 g/mol. The third kappa shape index (κ3) is 3.99. The molecule has 24 heavy (non-hydrogen) atoms. The number of carbonyl (C=O) groups is 3. The highest BCUT2D eigenvalue weighted by atomic mass is 32.1. The van der Waals surface area contributed by atoms with Crippen molar-refractivity contribution in [2.24, 2.45) is 0 Å². The van der Waals surface area contributed by atoms with Crippen LogP contribution in [0.5, 0.6) is 0 Å². The maximum absolute atomic E-state index is 12.1. The molecule has 9 heteroatoms. The molecule has 128 valence electrons. The highest BCUT2D eigenvalue weighted by molar-refractivity contribution is 7.14. The topological polar surface area (TPSA) is 113 Å². The maximum Gasteiger partial charge on any atom is 0.326 e. The van der Waals surface area contributed by atoms with E-state index >= 15 is 0 Å². The van der Waals surface area contributed by atoms with Crippen molar-refractivity contribution in [3.63, 3.8) is 0 Å². The summed E-state index contributed by atoms with van der Waals surface area (Å²) in [6, 6.07) is 0.643. The predicted molar refractivity (Wildman–Crippen MR) is 87.1 cm³/mol. The quantitative estimate of drug-likeness (QED) is 0.820. The Bertz CT molecular complexity index is 767. The lowest BCUT2D eigenvalue weighted by molar-refractivity contribution is -0.148. The van der Waals surface area contributed by atoms with Gasteiger partial charge in [0.15, 0.2) is 5.13 Å². The Kier molecular flexibility index (Phi) is 5.35. The second-order valence-corrected chi connectivity index (χ2v) is 6.04. The number of amides is 2. The fraction of sp³-hybridized carbons (Fsp3) is 0.333. The summed E-state index contributed by atoms with van der Waals surface area (Å²) in [7, 11) is 1.43. The summed E-state index contributed by atoms with van der Waals surface area (Å²) in [4.78, 5) is 40.3. The lowest BCUT2D eigenvalue weighted by atomic mass is 10.2. The molecular formula is C15H17N3O5S. The van der Waals surface area contributed by atoms with Crippen molar-refractivity contribution < 1.29 is 23.9 Å². The van der Waals surface area contributed by atoms with E-state index in [4.69, 9.17) is 9.52 Å². The van der Waals surface area contributed by atoms with Crippen LogP contribution in [-0.2, 0) is 16.0 Å². The minimum atomic E-state index is -1.08. The van der Waals surface area contributed by atoms with E-state index in [-0.39, 0.29) is 18.2 Å². The number of hydrogen-bond donors (Lipinski definition) is 2. The minimum absolute atomic E-state index is 0.0365. The van der Waals surface area contributed by atoms with Gasteiger partial charge in [-0.2, -0.15) is 0 Å². The second-order valence-electron chi connectivity index (χ2n) is 5.18. The molecule has 2 N–H and O–H groups in total. The molecule has 0 saturated heterocycles. The lowest BCUT2D eigenvalue weighted by Crippen LogP contribution is -2.41. The molecule has 2 amide bonds. The predicted octanol–water partition coefficient (Wildman–Crippen LogP) is 1.77. The molecule has 0 aliphatic carbocycles. The SMILES string of the molecule is Cc1occc1C(=O)Nc1nc(CC(=O)N(C)C(C)C(=O)O)cs1. The van der Waals surface area contributed by atoms with Gasteiger partial charge >= 0.3 is 5.97 Å². The lowest BCUT2D eigenvalue weighted by Gasteiger charge is -2.20. The number of aliphatic carboxylic acids is 1. The molecule has 2 aromatic heterocycles. The summed E-state index contributed by atoms with van der Waals surface area (Å²) < 4.78 is 5.07. The first kappa shape index (κ1) is 17.7. The van der Waals surface area contributed by atoms with Crippen molar-refractivity contribution in [1.82, 2.24) is 9.88 Å². The van der Waals surface area contributed by atoms with E-state index in [1.54, 1.807) is 18.4 Å². The summed E-state index contributed by atoms with van der Waals surface area (Å²) in [6.07, 6.45) is 1.39. The molecule has 2 aromatic rings. The Balaban J connectivity index is 1.98. The van der Waals surface area contributed by atoms with Crippen LogP contribution in [0, 0.1) is 6.92 Å². The molecule has 0 bridgehead atoms. The first-order valence-electron chi connectivity index (χ1n) is 7.08. The Morgan fingerprint density at radius 3 is 2.75 bits per heavy atom. The van der Waals surface area contributed by atoms with Gasteiger partial charge in [0.25, 0.3) is 5.91 Å². The van der Waals surface area contributed by atoms with Crippen LogP contribution in [0.1, 0.15) is 28.7 Å². The minimum Gasteiger partial charge on any atom is -0.480 e. The number of hydrogen-bond acceptors (Lipinski definition) is 6. The highest BCUT2D eigenvalue weighted by Gasteiger charge is 2.22. The molecule has 0 aliphatic heterocycles. The van der Waals surface area contributed by atoms with Gasteiger partial charge in [-0.1, -0.05) is 0 Å². The Morgan fingerprint density at radius 1 is 1.46 bits per heavy atom. The van der Waals surface area contributed by atoms with Gasteiger partial charge in [0.2, 0.25) is 5.91 Å². The average molecular weight is 351 g/mol. The zero-order valence-electron chi connectivity index (χ0n) is 13.4. The number of aryl methyl sites for hydroxylation is 1. The van der Waals surface area contributed by atoms with E-state index in [1.807, 2.05) is 0 Å². The maximum atomic E-state index is 12.1. The molecule has 0 aliphatic rings. The number of carboxylic acid groups (broad SMARTS) is 1. The van der Waals surface area contributed by atoms with Gasteiger partial charge in [-0.3, -0.25) is 14.9 Å². The summed E-state index contributed by atoms with van der Waals surface area (Å²) in [5.74, 6) is -1.28. The molecule has 0 saturated carbocycles. The van der Waals surface area contributed by atoms with Gasteiger partial charge in [0.05, 0.1) is 23.9 Å². The number of furan rings is 1. The van der Waals surface area contributed by atoms with Crippen molar-refractivity contribution in [3.8, 4) is 0 Å². The van der Waals surface area contributed by atoms with Crippen LogP contribution in [0.4, 0.5) is 5.13 Å². The van der Waals surface area contributed by atoms with Crippen LogP contribution in [0.3, 0.4) is 0 Å². The van der Waals surface area contributed by atoms with Crippen LogP contribution >= 0.6 is 11.3 Å². The normalized spacial score (nSPS) is 11.8. The van der Waals surface area contributed by atoms with Crippen molar-refractivity contribution in [2.45, 2.75) is 26.3 Å². The zero-order valence-corrected chi connectivity index (χ0v) is 14.2. The highest BCUT2D eigenvalue weighted by Crippen LogP contribution is 2.18. The van der Waals surface area contributed by atoms with Crippen LogP contribution in [0.15, 0.2) is 22.1 Å². The summed E-state index contributed by atoms with van der Waals surface area (Å²) in [5.41, 5.74) is 0.881. The van der Waals surface area contributed by atoms with Gasteiger partial charge < -0.3 is 14.4 Å². The fourth-order valence-electron chi connectivity index (χ4n) is 1.89. The first-order valence-corrected chi connectivity index (χ1v) is 7.96. The molecule has 0 spiro atoms. The third-order valence-corrected chi connectivity index (χ3v) is 4.35. The molecule has 0 radical (unpaired) electrons. The number of carboxylic acids is 1. The van der Waals surface area contributed by atoms with E-state index in [2.05, 4.69) is 10.3 Å². The third-order valence-electron chi connectivity index (χ3n) is 3.54. The number of anilines is 1. The standard InChI is InChI=1S/C15H17N3O5S/c1-8(14(21)22)18(3)12(19)6-10-7-24-15(16-10)17-13(20)11-4-5-23-9(11)2/h4-5,7-8H,6H2,1-3H3,(H,21,22)(H,16,17,20). The van der Waals surface area contributed by atoms with Gasteiger partial charge in [-0.15, -0.1) is 11.3 Å². The fourth-order valence-corrected chi connectivity index (χ4v) is 2.60. The number of nitrogens with one attached hydrogen (secondary N) is 1. The molecule has 8 nitrogen and oxygen atoms in total. The first-order chi connectivity index (χ1) is 11.3. The van der Waals surface area contributed by atoms with Gasteiger partial charge in [-0.25, -0.2) is 9.78 Å². The van der Waals surface area contributed by atoms with Crippen LogP contribution in [-0.4, -0.2) is 45.9 Å². The van der Waals surface area contributed by atoms with Crippen LogP contribution < -0.4 is 5.32 Å². The van der Waals surface area contributed by atoms with Gasteiger partial charge in [0.1, 0.15) is 11.8 Å². The molecule has 1 unspecified atom stereocenters. The Morgan fingerprint density at radius 2 is 2.17 bits per heavy atom. The van der Waals surface area contributed by atoms with E-state index in [1.165, 1.54) is 31.6 Å². The van der Waals surface area contributed by atoms with E-state index in [0.29, 0.717) is 22.1 Å². The number of likely N-dealkylation sites (N-methyl/N-ethyl adjacent to an activating group) is 1. The van der Waals surface area contributed by atoms with E-state index in [0.717, 1.165) is 4.90 Å². The number of aromatic nitrogens is 1. The number of carbonyl (C=O) groups excluding carboxylic acids is 2.